The topological polar surface area (TPSA) is 88.2 Å². The molecule has 4 rings (SSSR count). The largest absolute Gasteiger partial charge is 0.348 e. The Morgan fingerprint density at radius 3 is 2.78 bits per heavy atom. The minimum atomic E-state index is -0.750. The normalized spacial score (nSPS) is 16.3. The van der Waals surface area contributed by atoms with Crippen LogP contribution >= 0.6 is 34.3 Å². The second-order valence-electron chi connectivity index (χ2n) is 7.36. The highest BCUT2D eigenvalue weighted by atomic mass is 35.5. The van der Waals surface area contributed by atoms with E-state index in [1.807, 2.05) is 24.4 Å². The molecule has 32 heavy (non-hydrogen) atoms. The molecule has 0 saturated heterocycles. The maximum absolute atomic E-state index is 14.0. The molecule has 2 N–H and O–H groups in total. The molecule has 1 aromatic carbocycles. The standard InChI is InChI=1S/C22H19ClFN3O3S2/c1-2-14(17-7-4-8-31-17)25-20(29)11-9-15-19(16(28)10-11)32-22(26-15)27-21(30)18-12(23)5-3-6-13(18)24/h3-8,11,14H,2,9-10H2,1H3,(H,25,29)(H,26,27,30)/t11-,14+/m1/s1. The number of fused-ring (bicyclic) bond motifs is 1. The number of nitrogens with one attached hydrogen (secondary N) is 2. The van der Waals surface area contributed by atoms with E-state index in [1.165, 1.54) is 12.1 Å². The predicted molar refractivity (Wildman–Crippen MR) is 123 cm³/mol. The minimum Gasteiger partial charge on any atom is -0.348 e. The van der Waals surface area contributed by atoms with Gasteiger partial charge >= 0.3 is 0 Å². The Morgan fingerprint density at radius 1 is 1.28 bits per heavy atom. The van der Waals surface area contributed by atoms with Gasteiger partial charge in [0.25, 0.3) is 5.91 Å². The van der Waals surface area contributed by atoms with Gasteiger partial charge in [0.1, 0.15) is 5.82 Å². The van der Waals surface area contributed by atoms with E-state index in [4.69, 9.17) is 11.6 Å². The van der Waals surface area contributed by atoms with Crippen molar-refractivity contribution in [1.82, 2.24) is 10.3 Å². The van der Waals surface area contributed by atoms with E-state index in [0.717, 1.165) is 28.7 Å². The second-order valence-corrected chi connectivity index (χ2v) is 9.74. The summed E-state index contributed by atoms with van der Waals surface area (Å²) in [5.41, 5.74) is 0.176. The lowest BCUT2D eigenvalue weighted by Crippen LogP contribution is -2.37. The van der Waals surface area contributed by atoms with E-state index < -0.39 is 17.6 Å². The van der Waals surface area contributed by atoms with Gasteiger partial charge in [0.2, 0.25) is 5.91 Å². The van der Waals surface area contributed by atoms with E-state index in [0.29, 0.717) is 17.0 Å². The lowest BCUT2D eigenvalue weighted by molar-refractivity contribution is -0.125. The summed E-state index contributed by atoms with van der Waals surface area (Å²) in [6.45, 7) is 1.99. The van der Waals surface area contributed by atoms with E-state index >= 15 is 0 Å². The Balaban J connectivity index is 1.47. The summed E-state index contributed by atoms with van der Waals surface area (Å²) in [5.74, 6) is -2.42. The molecular weight excluding hydrogens is 473 g/mol. The molecule has 10 heteroatoms. The van der Waals surface area contributed by atoms with E-state index in [-0.39, 0.29) is 39.9 Å². The number of hydrogen-bond acceptors (Lipinski definition) is 6. The first-order chi connectivity index (χ1) is 15.4. The Labute approximate surface area is 196 Å². The van der Waals surface area contributed by atoms with Gasteiger partial charge < -0.3 is 5.32 Å². The Morgan fingerprint density at radius 2 is 2.09 bits per heavy atom. The SMILES string of the molecule is CC[C@H](NC(=O)[C@H]1CC(=O)c2sc(NC(=O)c3c(F)cccc3Cl)nc2C1)c1cccs1. The van der Waals surface area contributed by atoms with E-state index in [1.54, 1.807) is 11.3 Å². The van der Waals surface area contributed by atoms with Crippen LogP contribution < -0.4 is 10.6 Å². The number of nitrogens with zero attached hydrogens (tertiary/aromatic N) is 1. The number of benzene rings is 1. The molecule has 0 spiro atoms. The first kappa shape index (κ1) is 22.6. The molecule has 2 aromatic heterocycles. The third kappa shape index (κ3) is 4.60. The minimum absolute atomic E-state index is 0.0205. The van der Waals surface area contributed by atoms with Crippen molar-refractivity contribution in [2.45, 2.75) is 32.2 Å². The van der Waals surface area contributed by atoms with Crippen LogP contribution in [0, 0.1) is 11.7 Å². The van der Waals surface area contributed by atoms with Gasteiger partial charge in [-0.05, 0) is 30.0 Å². The van der Waals surface area contributed by atoms with Gasteiger partial charge in [-0.2, -0.15) is 0 Å². The maximum Gasteiger partial charge on any atom is 0.261 e. The molecule has 0 bridgehead atoms. The summed E-state index contributed by atoms with van der Waals surface area (Å²) >= 11 is 8.54. The van der Waals surface area contributed by atoms with Gasteiger partial charge in [-0.3, -0.25) is 19.7 Å². The van der Waals surface area contributed by atoms with Gasteiger partial charge in [-0.15, -0.1) is 11.3 Å². The van der Waals surface area contributed by atoms with Gasteiger partial charge in [0, 0.05) is 17.7 Å². The number of amides is 2. The molecule has 2 heterocycles. The zero-order chi connectivity index (χ0) is 22.8. The zero-order valence-electron chi connectivity index (χ0n) is 17.0. The molecule has 0 unspecified atom stereocenters. The number of thiazole rings is 1. The van der Waals surface area contributed by atoms with Gasteiger partial charge in [-0.25, -0.2) is 9.37 Å². The smallest absolute Gasteiger partial charge is 0.261 e. The number of anilines is 1. The molecule has 0 fully saturated rings. The molecule has 0 saturated carbocycles. The third-order valence-corrected chi connectivity index (χ3v) is 7.57. The first-order valence-corrected chi connectivity index (χ1v) is 12.1. The third-order valence-electron chi connectivity index (χ3n) is 5.21. The van der Waals surface area contributed by atoms with Gasteiger partial charge in [0.05, 0.1) is 33.1 Å². The molecule has 2 amide bonds. The van der Waals surface area contributed by atoms with Crippen LogP contribution in [0.4, 0.5) is 9.52 Å². The number of aromatic nitrogens is 1. The number of carbonyl (C=O) groups excluding carboxylic acids is 3. The van der Waals surface area contributed by atoms with Crippen LogP contribution in [0.1, 0.15) is 56.4 Å². The average Bonchev–Trinajstić information content (AvgIpc) is 3.41. The molecule has 6 nitrogen and oxygen atoms in total. The van der Waals surface area contributed by atoms with Crippen LogP contribution in [-0.2, 0) is 11.2 Å². The first-order valence-electron chi connectivity index (χ1n) is 9.99. The Bertz CT molecular complexity index is 1160. The quantitative estimate of drug-likeness (QED) is 0.492. The van der Waals surface area contributed by atoms with Crippen LogP contribution in [0.15, 0.2) is 35.7 Å². The van der Waals surface area contributed by atoms with Gasteiger partial charge in [-0.1, -0.05) is 42.0 Å². The van der Waals surface area contributed by atoms with Crippen molar-refractivity contribution in [3.8, 4) is 0 Å². The van der Waals surface area contributed by atoms with Crippen molar-refractivity contribution in [1.29, 1.82) is 0 Å². The molecule has 1 aliphatic rings. The second kappa shape index (κ2) is 9.48. The summed E-state index contributed by atoms with van der Waals surface area (Å²) in [6.07, 6.45) is 1.11. The molecule has 166 valence electrons. The van der Waals surface area contributed by atoms with Crippen molar-refractivity contribution in [2.24, 2.45) is 5.92 Å². The van der Waals surface area contributed by atoms with E-state index in [2.05, 4.69) is 15.6 Å². The average molecular weight is 492 g/mol. The van der Waals surface area contributed by atoms with Crippen LogP contribution in [0.2, 0.25) is 5.02 Å². The van der Waals surface area contributed by atoms with Crippen LogP contribution in [0.25, 0.3) is 0 Å². The number of hydrogen-bond donors (Lipinski definition) is 2. The molecule has 1 aliphatic carbocycles. The highest BCUT2D eigenvalue weighted by molar-refractivity contribution is 7.17. The molecule has 0 radical (unpaired) electrons. The van der Waals surface area contributed by atoms with Crippen molar-refractivity contribution < 1.29 is 18.8 Å². The van der Waals surface area contributed by atoms with Crippen LogP contribution in [0.3, 0.4) is 0 Å². The van der Waals surface area contributed by atoms with Crippen molar-refractivity contribution >= 4 is 57.0 Å². The zero-order valence-corrected chi connectivity index (χ0v) is 19.4. The molecule has 2 atom stereocenters. The van der Waals surface area contributed by atoms with Crippen LogP contribution in [-0.4, -0.2) is 22.6 Å². The van der Waals surface area contributed by atoms with Gasteiger partial charge in [0.15, 0.2) is 10.9 Å². The highest BCUT2D eigenvalue weighted by Gasteiger charge is 2.34. The fraction of sp³-hybridized carbons (Fsp3) is 0.273. The number of ketones is 1. The summed E-state index contributed by atoms with van der Waals surface area (Å²) in [7, 11) is 0. The lowest BCUT2D eigenvalue weighted by Gasteiger charge is -2.23. The van der Waals surface area contributed by atoms with Crippen molar-refractivity contribution in [2.75, 3.05) is 5.32 Å². The molecular formula is C22H19ClFN3O3S2. The fourth-order valence-corrected chi connectivity index (χ4v) is 5.64. The number of thiophene rings is 1. The van der Waals surface area contributed by atoms with Crippen molar-refractivity contribution in [3.63, 3.8) is 0 Å². The maximum atomic E-state index is 14.0. The number of rotatable bonds is 6. The predicted octanol–water partition coefficient (Wildman–Crippen LogP) is 5.26. The highest BCUT2D eigenvalue weighted by Crippen LogP contribution is 2.33. The summed E-state index contributed by atoms with van der Waals surface area (Å²) in [6, 6.07) is 7.77. The van der Waals surface area contributed by atoms with Crippen molar-refractivity contribution in [3.05, 3.63) is 67.6 Å². The number of halogens is 2. The fourth-order valence-electron chi connectivity index (χ4n) is 3.60. The summed E-state index contributed by atoms with van der Waals surface area (Å²) in [5, 5.41) is 7.65. The van der Waals surface area contributed by atoms with Crippen LogP contribution in [0.5, 0.6) is 0 Å². The monoisotopic (exact) mass is 491 g/mol. The molecule has 0 aliphatic heterocycles. The Hall–Kier alpha value is -2.62. The Kier molecular flexibility index (Phi) is 6.68. The number of Topliss-reactive ketones (excluding diaryl/α,β-unsaturated/α-hetero) is 1. The molecule has 3 aromatic rings. The lowest BCUT2D eigenvalue weighted by atomic mass is 9.89. The summed E-state index contributed by atoms with van der Waals surface area (Å²) < 4.78 is 14.0. The number of carbonyl (C=O) groups is 3. The van der Waals surface area contributed by atoms with E-state index in [9.17, 15) is 18.8 Å². The summed E-state index contributed by atoms with van der Waals surface area (Å²) in [4.78, 5) is 43.8.